The molecule has 0 saturated carbocycles. The van der Waals surface area contributed by atoms with Crippen LogP contribution in [0.2, 0.25) is 0 Å². The van der Waals surface area contributed by atoms with Gasteiger partial charge in [-0.15, -0.1) is 0 Å². The Kier molecular flexibility index (Phi) is 3.69. The van der Waals surface area contributed by atoms with Gasteiger partial charge in [0.1, 0.15) is 12.2 Å². The molecule has 0 aliphatic heterocycles. The average Bonchev–Trinajstić information content (AvgIpc) is 2.49. The van der Waals surface area contributed by atoms with Gasteiger partial charge < -0.3 is 0 Å². The molecule has 1 rings (SSSR count). The number of carbonyl (C=O) groups excluding carboxylic acids is 1. The van der Waals surface area contributed by atoms with Crippen molar-refractivity contribution in [2.45, 2.75) is 25.4 Å². The highest BCUT2D eigenvalue weighted by Crippen LogP contribution is 2.21. The maximum Gasteiger partial charge on any atom is 0.395 e. The molecule has 5 heteroatoms. The van der Waals surface area contributed by atoms with E-state index in [0.29, 0.717) is 6.42 Å². The van der Waals surface area contributed by atoms with E-state index in [1.807, 2.05) is 16.8 Å². The van der Waals surface area contributed by atoms with Crippen LogP contribution in [-0.4, -0.2) is 12.0 Å². The normalized spacial score (nSPS) is 11.6. The smallest absolute Gasteiger partial charge is 0.299 e. The van der Waals surface area contributed by atoms with Crippen LogP contribution < -0.4 is 0 Å². The molecular weight excluding hydrogens is 213 g/mol. The van der Waals surface area contributed by atoms with Crippen LogP contribution in [0.5, 0.6) is 0 Å². The van der Waals surface area contributed by atoms with Gasteiger partial charge in [-0.2, -0.15) is 24.5 Å². The molecule has 0 aliphatic carbocycles. The molecule has 0 amide bonds. The summed E-state index contributed by atoms with van der Waals surface area (Å²) in [6.07, 6.45) is -5.31. The van der Waals surface area contributed by atoms with Crippen LogP contribution in [0.1, 0.15) is 18.4 Å². The van der Waals surface area contributed by atoms with Crippen molar-refractivity contribution in [1.29, 1.82) is 0 Å². The number of Topliss-reactive ketones (excluding diaryl/α,β-unsaturated/α-hetero) is 1. The number of thiophene rings is 1. The fourth-order valence-corrected chi connectivity index (χ4v) is 1.73. The quantitative estimate of drug-likeness (QED) is 0.764. The van der Waals surface area contributed by atoms with Gasteiger partial charge in [-0.05, 0) is 28.8 Å². The predicted molar refractivity (Wildman–Crippen MR) is 48.3 cm³/mol. The van der Waals surface area contributed by atoms with E-state index in [1.54, 1.807) is 0 Å². The lowest BCUT2D eigenvalue weighted by atomic mass is 10.1. The molecule has 0 spiro atoms. The van der Waals surface area contributed by atoms with Crippen LogP contribution in [0.25, 0.3) is 0 Å². The van der Waals surface area contributed by atoms with E-state index in [0.717, 1.165) is 5.56 Å². The number of alkyl halides is 3. The molecule has 1 heterocycles. The van der Waals surface area contributed by atoms with E-state index in [1.165, 1.54) is 11.3 Å². The zero-order valence-electron chi connectivity index (χ0n) is 7.30. The Hall–Kier alpha value is -0.840. The summed E-state index contributed by atoms with van der Waals surface area (Å²) >= 11 is 1.47. The van der Waals surface area contributed by atoms with E-state index in [9.17, 15) is 18.0 Å². The van der Waals surface area contributed by atoms with Gasteiger partial charge in [-0.1, -0.05) is 0 Å². The molecule has 0 radical (unpaired) electrons. The molecule has 1 aromatic heterocycles. The minimum atomic E-state index is -4.37. The fourth-order valence-electron chi connectivity index (χ4n) is 1.03. The third kappa shape index (κ3) is 4.41. The molecule has 14 heavy (non-hydrogen) atoms. The first kappa shape index (κ1) is 11.2. The number of ketones is 1. The van der Waals surface area contributed by atoms with Gasteiger partial charge in [0.05, 0.1) is 0 Å². The summed E-state index contributed by atoms with van der Waals surface area (Å²) < 4.78 is 35.3. The lowest BCUT2D eigenvalue weighted by Crippen LogP contribution is -2.15. The highest BCUT2D eigenvalue weighted by Gasteiger charge is 2.30. The van der Waals surface area contributed by atoms with Crippen molar-refractivity contribution >= 4 is 17.1 Å². The summed E-state index contributed by atoms with van der Waals surface area (Å²) in [6, 6.07) is 1.81. The van der Waals surface area contributed by atoms with E-state index in [2.05, 4.69) is 0 Å². The van der Waals surface area contributed by atoms with Crippen molar-refractivity contribution in [2.24, 2.45) is 0 Å². The lowest BCUT2D eigenvalue weighted by molar-refractivity contribution is -0.152. The van der Waals surface area contributed by atoms with Crippen molar-refractivity contribution in [3.05, 3.63) is 22.4 Å². The monoisotopic (exact) mass is 222 g/mol. The van der Waals surface area contributed by atoms with Crippen molar-refractivity contribution in [2.75, 3.05) is 0 Å². The van der Waals surface area contributed by atoms with E-state index < -0.39 is 18.4 Å². The highest BCUT2D eigenvalue weighted by atomic mass is 32.1. The van der Waals surface area contributed by atoms with E-state index >= 15 is 0 Å². The summed E-state index contributed by atoms with van der Waals surface area (Å²) in [5.41, 5.74) is 0.922. The summed E-state index contributed by atoms with van der Waals surface area (Å²) in [5, 5.41) is 3.67. The number of aryl methyl sites for hydroxylation is 1. The van der Waals surface area contributed by atoms with Gasteiger partial charge in [0.25, 0.3) is 0 Å². The van der Waals surface area contributed by atoms with Crippen LogP contribution in [0.3, 0.4) is 0 Å². The van der Waals surface area contributed by atoms with Gasteiger partial charge in [-0.25, -0.2) is 0 Å². The van der Waals surface area contributed by atoms with Crippen molar-refractivity contribution in [3.8, 4) is 0 Å². The Morgan fingerprint density at radius 2 is 2.14 bits per heavy atom. The zero-order chi connectivity index (χ0) is 10.6. The van der Waals surface area contributed by atoms with E-state index in [4.69, 9.17) is 0 Å². The number of hydrogen-bond donors (Lipinski definition) is 0. The molecule has 0 N–H and O–H groups in total. The first-order chi connectivity index (χ1) is 6.47. The molecule has 78 valence electrons. The topological polar surface area (TPSA) is 17.1 Å². The number of carbonyl (C=O) groups is 1. The van der Waals surface area contributed by atoms with Crippen LogP contribution in [0, 0.1) is 0 Å². The Morgan fingerprint density at radius 3 is 2.64 bits per heavy atom. The molecule has 0 saturated heterocycles. The second-order valence-corrected chi connectivity index (χ2v) is 3.74. The third-order valence-electron chi connectivity index (χ3n) is 1.67. The zero-order valence-corrected chi connectivity index (χ0v) is 8.12. The molecule has 0 bridgehead atoms. The highest BCUT2D eigenvalue weighted by molar-refractivity contribution is 7.07. The number of hydrogen-bond acceptors (Lipinski definition) is 2. The SMILES string of the molecule is O=C(CCc1ccsc1)CC(F)(F)F. The molecule has 0 fully saturated rings. The molecule has 0 aromatic carbocycles. The van der Waals surface area contributed by atoms with Crippen LogP contribution >= 0.6 is 11.3 Å². The average molecular weight is 222 g/mol. The first-order valence-electron chi connectivity index (χ1n) is 4.07. The molecule has 1 nitrogen and oxygen atoms in total. The summed E-state index contributed by atoms with van der Waals surface area (Å²) in [6.45, 7) is 0. The minimum Gasteiger partial charge on any atom is -0.299 e. The summed E-state index contributed by atoms with van der Waals surface area (Å²) in [7, 11) is 0. The fraction of sp³-hybridized carbons (Fsp3) is 0.444. The van der Waals surface area contributed by atoms with Crippen LogP contribution in [-0.2, 0) is 11.2 Å². The standard InChI is InChI=1S/C9H9F3OS/c10-9(11,12)5-8(13)2-1-7-3-4-14-6-7/h3-4,6H,1-2,5H2. The Morgan fingerprint density at radius 1 is 1.43 bits per heavy atom. The van der Waals surface area contributed by atoms with Gasteiger partial charge >= 0.3 is 6.18 Å². The summed E-state index contributed by atoms with van der Waals surface area (Å²) in [5.74, 6) is -0.747. The predicted octanol–water partition coefficient (Wildman–Crippen LogP) is 3.20. The third-order valence-corrected chi connectivity index (χ3v) is 2.40. The first-order valence-corrected chi connectivity index (χ1v) is 5.01. The summed E-state index contributed by atoms with van der Waals surface area (Å²) in [4.78, 5) is 10.8. The lowest BCUT2D eigenvalue weighted by Gasteiger charge is -2.04. The van der Waals surface area contributed by atoms with Crippen molar-refractivity contribution in [3.63, 3.8) is 0 Å². The molecule has 0 unspecified atom stereocenters. The molecule has 0 atom stereocenters. The molecule has 1 aromatic rings. The maximum atomic E-state index is 11.8. The molecular formula is C9H9F3OS. The van der Waals surface area contributed by atoms with Gasteiger partial charge in [0.2, 0.25) is 0 Å². The second-order valence-electron chi connectivity index (χ2n) is 2.96. The maximum absolute atomic E-state index is 11.8. The van der Waals surface area contributed by atoms with Crippen LogP contribution in [0.4, 0.5) is 13.2 Å². The van der Waals surface area contributed by atoms with Crippen molar-refractivity contribution < 1.29 is 18.0 Å². The Bertz CT molecular complexity index is 290. The van der Waals surface area contributed by atoms with Gasteiger partial charge in [0.15, 0.2) is 0 Å². The van der Waals surface area contributed by atoms with Gasteiger partial charge in [0, 0.05) is 6.42 Å². The molecule has 0 aliphatic rings. The largest absolute Gasteiger partial charge is 0.395 e. The Balaban J connectivity index is 2.29. The van der Waals surface area contributed by atoms with Crippen LogP contribution in [0.15, 0.2) is 16.8 Å². The minimum absolute atomic E-state index is 0.0315. The van der Waals surface area contributed by atoms with Crippen molar-refractivity contribution in [1.82, 2.24) is 0 Å². The Labute approximate surface area is 83.6 Å². The van der Waals surface area contributed by atoms with E-state index in [-0.39, 0.29) is 6.42 Å². The second kappa shape index (κ2) is 4.59. The van der Waals surface area contributed by atoms with Gasteiger partial charge in [-0.3, -0.25) is 4.79 Å². The number of halogens is 3. The number of rotatable bonds is 4.